The Morgan fingerprint density at radius 3 is 2.75 bits per heavy atom. The molecule has 1 amide bonds. The lowest BCUT2D eigenvalue weighted by molar-refractivity contribution is 0.0550. The van der Waals surface area contributed by atoms with Gasteiger partial charge in [-0.1, -0.05) is 0 Å². The van der Waals surface area contributed by atoms with Crippen molar-refractivity contribution >= 4 is 28.6 Å². The number of cyclic esters (lactones) is 1. The van der Waals surface area contributed by atoms with Gasteiger partial charge in [-0.2, -0.15) is 5.10 Å². The second-order valence-corrected chi connectivity index (χ2v) is 10.3. The van der Waals surface area contributed by atoms with Gasteiger partial charge in [0.2, 0.25) is 0 Å². The van der Waals surface area contributed by atoms with E-state index < -0.39 is 0 Å². The minimum absolute atomic E-state index is 0.0228. The van der Waals surface area contributed by atoms with Gasteiger partial charge < -0.3 is 29.0 Å². The van der Waals surface area contributed by atoms with Gasteiger partial charge in [-0.15, -0.1) is 0 Å². The van der Waals surface area contributed by atoms with E-state index >= 15 is 0 Å². The maximum atomic E-state index is 12.1. The molecule has 36 heavy (non-hydrogen) atoms. The number of carbonyl (C=O) groups is 1. The second kappa shape index (κ2) is 9.65. The molecule has 4 heterocycles. The highest BCUT2D eigenvalue weighted by Crippen LogP contribution is 2.34. The number of nitrogens with zero attached hydrogens (tertiary/aromatic N) is 5. The van der Waals surface area contributed by atoms with Crippen LogP contribution < -0.4 is 10.1 Å². The lowest BCUT2D eigenvalue weighted by Crippen LogP contribution is -2.40. The summed E-state index contributed by atoms with van der Waals surface area (Å²) in [4.78, 5) is 18.6. The lowest BCUT2D eigenvalue weighted by atomic mass is 9.92. The van der Waals surface area contributed by atoms with E-state index in [1.807, 2.05) is 52.8 Å². The van der Waals surface area contributed by atoms with Crippen LogP contribution in [0, 0.1) is 0 Å². The Bertz CT molecular complexity index is 1220. The van der Waals surface area contributed by atoms with Crippen LogP contribution in [0.1, 0.15) is 51.5 Å². The standard InChI is InChI=1S/C26H34N6O4/c1-17-14-31(26(33)35-17)18-5-7-20(8-6-18)36-21-12-22(25-23(13-21)30(2)16-27-25)28-24-9-10-32(29-24)19-4-3-11-34-15-19/h9-10,12-13,16-20H,3-8,11,14-15H2,1-2H3,(H,28,29)/t17-,18?,19+,20?/m0/s1. The molecule has 3 aromatic rings. The van der Waals surface area contributed by atoms with Crippen LogP contribution in [0.25, 0.3) is 11.0 Å². The summed E-state index contributed by atoms with van der Waals surface area (Å²) in [5.41, 5.74) is 2.75. The Labute approximate surface area is 210 Å². The summed E-state index contributed by atoms with van der Waals surface area (Å²) in [7, 11) is 1.99. The third-order valence-electron chi connectivity index (χ3n) is 7.56. The topological polar surface area (TPSA) is 95.7 Å². The molecule has 2 aromatic heterocycles. The van der Waals surface area contributed by atoms with Gasteiger partial charge in [-0.3, -0.25) is 4.68 Å². The van der Waals surface area contributed by atoms with Crippen LogP contribution in [0.4, 0.5) is 16.3 Å². The van der Waals surface area contributed by atoms with Crippen molar-refractivity contribution in [2.45, 2.75) is 69.7 Å². The average molecular weight is 495 g/mol. The minimum atomic E-state index is -0.178. The van der Waals surface area contributed by atoms with Gasteiger partial charge in [0.15, 0.2) is 5.82 Å². The summed E-state index contributed by atoms with van der Waals surface area (Å²) >= 11 is 0. The maximum Gasteiger partial charge on any atom is 0.410 e. The zero-order chi connectivity index (χ0) is 24.6. The monoisotopic (exact) mass is 494 g/mol. The number of nitrogens with one attached hydrogen (secondary N) is 1. The number of aryl methyl sites for hydroxylation is 1. The Morgan fingerprint density at radius 1 is 1.14 bits per heavy atom. The Kier molecular flexibility index (Phi) is 6.20. The molecule has 192 valence electrons. The van der Waals surface area contributed by atoms with Gasteiger partial charge >= 0.3 is 6.09 Å². The van der Waals surface area contributed by atoms with Crippen molar-refractivity contribution in [3.8, 4) is 5.75 Å². The molecule has 0 radical (unpaired) electrons. The largest absolute Gasteiger partial charge is 0.490 e. The average Bonchev–Trinajstić information content (AvgIpc) is 3.59. The van der Waals surface area contributed by atoms with E-state index in [0.29, 0.717) is 13.2 Å². The van der Waals surface area contributed by atoms with E-state index in [2.05, 4.69) is 16.4 Å². The van der Waals surface area contributed by atoms with Crippen LogP contribution >= 0.6 is 0 Å². The highest BCUT2D eigenvalue weighted by atomic mass is 16.6. The van der Waals surface area contributed by atoms with E-state index in [-0.39, 0.29) is 30.4 Å². The van der Waals surface area contributed by atoms with Crippen molar-refractivity contribution in [2.24, 2.45) is 7.05 Å². The van der Waals surface area contributed by atoms with Crippen LogP contribution in [-0.2, 0) is 16.5 Å². The molecule has 3 fully saturated rings. The Balaban J connectivity index is 1.16. The SMILES string of the molecule is C[C@H]1CN(C2CCC(Oc3cc(Nc4ccn([C@@H]5CCCOC5)n4)c4ncn(C)c4c3)CC2)C(=O)O1. The van der Waals surface area contributed by atoms with Crippen LogP contribution in [0.5, 0.6) is 5.75 Å². The van der Waals surface area contributed by atoms with Crippen LogP contribution in [-0.4, -0.2) is 68.3 Å². The quantitative estimate of drug-likeness (QED) is 0.543. The van der Waals surface area contributed by atoms with Crippen molar-refractivity contribution in [1.82, 2.24) is 24.2 Å². The summed E-state index contributed by atoms with van der Waals surface area (Å²) in [5.74, 6) is 1.59. The van der Waals surface area contributed by atoms with Crippen LogP contribution in [0.3, 0.4) is 0 Å². The number of ether oxygens (including phenoxy) is 3. The van der Waals surface area contributed by atoms with Gasteiger partial charge in [0.05, 0.1) is 42.8 Å². The Hall–Kier alpha value is -3.27. The zero-order valence-electron chi connectivity index (χ0n) is 20.9. The van der Waals surface area contributed by atoms with Crippen molar-refractivity contribution in [3.63, 3.8) is 0 Å². The van der Waals surface area contributed by atoms with Gasteiger partial charge in [-0.05, 0) is 45.4 Å². The number of aromatic nitrogens is 4. The number of hydrogen-bond acceptors (Lipinski definition) is 7. The van der Waals surface area contributed by atoms with Crippen molar-refractivity contribution in [1.29, 1.82) is 0 Å². The van der Waals surface area contributed by atoms with E-state index in [1.165, 1.54) is 0 Å². The summed E-state index contributed by atoms with van der Waals surface area (Å²) in [6, 6.07) is 6.58. The van der Waals surface area contributed by atoms with Crippen molar-refractivity contribution in [3.05, 3.63) is 30.7 Å². The van der Waals surface area contributed by atoms with E-state index in [1.54, 1.807) is 0 Å². The molecule has 3 aliphatic rings. The molecule has 10 heteroatoms. The first-order valence-electron chi connectivity index (χ1n) is 13.0. The predicted molar refractivity (Wildman–Crippen MR) is 135 cm³/mol. The third-order valence-corrected chi connectivity index (χ3v) is 7.56. The number of carbonyl (C=O) groups excluding carboxylic acids is 1. The molecular formula is C26H34N6O4. The lowest BCUT2D eigenvalue weighted by Gasteiger charge is -2.33. The first-order chi connectivity index (χ1) is 17.5. The number of hydrogen-bond donors (Lipinski definition) is 1. The molecule has 2 saturated heterocycles. The molecule has 1 N–H and O–H groups in total. The number of fused-ring (bicyclic) bond motifs is 1. The fraction of sp³-hybridized carbons (Fsp3) is 0.577. The van der Waals surface area contributed by atoms with E-state index in [9.17, 15) is 4.79 Å². The Morgan fingerprint density at radius 2 is 2.00 bits per heavy atom. The van der Waals surface area contributed by atoms with Gasteiger partial charge in [0.1, 0.15) is 17.4 Å². The van der Waals surface area contributed by atoms with E-state index in [4.69, 9.17) is 19.3 Å². The minimum Gasteiger partial charge on any atom is -0.490 e. The normalized spacial score (nSPS) is 26.8. The zero-order valence-corrected chi connectivity index (χ0v) is 20.9. The number of benzene rings is 1. The van der Waals surface area contributed by atoms with Gasteiger partial charge in [0, 0.05) is 44.1 Å². The molecule has 1 aromatic carbocycles. The molecule has 0 bridgehead atoms. The first-order valence-corrected chi connectivity index (χ1v) is 13.0. The van der Waals surface area contributed by atoms with Gasteiger partial charge in [0.25, 0.3) is 0 Å². The molecule has 2 atom stereocenters. The maximum absolute atomic E-state index is 12.1. The first kappa shape index (κ1) is 23.1. The van der Waals surface area contributed by atoms with Crippen LogP contribution in [0.2, 0.25) is 0 Å². The summed E-state index contributed by atoms with van der Waals surface area (Å²) in [6.45, 7) is 4.17. The summed E-state index contributed by atoms with van der Waals surface area (Å²) in [5, 5.41) is 8.22. The summed E-state index contributed by atoms with van der Waals surface area (Å²) < 4.78 is 21.4. The predicted octanol–water partition coefficient (Wildman–Crippen LogP) is 4.40. The van der Waals surface area contributed by atoms with E-state index in [0.717, 1.165) is 73.4 Å². The molecular weight excluding hydrogens is 460 g/mol. The fourth-order valence-electron chi connectivity index (χ4n) is 5.64. The molecule has 1 aliphatic carbocycles. The highest BCUT2D eigenvalue weighted by Gasteiger charge is 2.36. The molecule has 1 saturated carbocycles. The smallest absolute Gasteiger partial charge is 0.410 e. The van der Waals surface area contributed by atoms with Gasteiger partial charge in [-0.25, -0.2) is 9.78 Å². The molecule has 0 unspecified atom stereocenters. The van der Waals surface area contributed by atoms with Crippen molar-refractivity contribution < 1.29 is 19.0 Å². The fourth-order valence-corrected chi connectivity index (χ4v) is 5.64. The van der Waals surface area contributed by atoms with Crippen molar-refractivity contribution in [2.75, 3.05) is 25.1 Å². The highest BCUT2D eigenvalue weighted by molar-refractivity contribution is 5.91. The second-order valence-electron chi connectivity index (χ2n) is 10.3. The summed E-state index contributed by atoms with van der Waals surface area (Å²) in [6.07, 6.45) is 9.54. The number of amides is 1. The molecule has 2 aliphatic heterocycles. The molecule has 0 spiro atoms. The van der Waals surface area contributed by atoms with Crippen LogP contribution in [0.15, 0.2) is 30.7 Å². The third kappa shape index (κ3) is 4.61. The number of imidazole rings is 1. The molecule has 10 nitrogen and oxygen atoms in total. The number of anilines is 2. The number of rotatable bonds is 6. The molecule has 6 rings (SSSR count).